The fraction of sp³-hybridized carbons (Fsp3) is 0.105. The molecule has 0 saturated carbocycles. The molecule has 0 aliphatic rings. The number of hydrogen-bond donors (Lipinski definition) is 1. The maximum atomic E-state index is 12.1. The van der Waals surface area contributed by atoms with Crippen molar-refractivity contribution < 1.29 is 9.84 Å². The van der Waals surface area contributed by atoms with Crippen molar-refractivity contribution in [1.82, 2.24) is 4.57 Å². The zero-order chi connectivity index (χ0) is 16.2. The van der Waals surface area contributed by atoms with E-state index in [0.29, 0.717) is 23.7 Å². The summed E-state index contributed by atoms with van der Waals surface area (Å²) >= 11 is 0. The molecule has 4 nitrogen and oxygen atoms in total. The van der Waals surface area contributed by atoms with Gasteiger partial charge in [-0.15, -0.1) is 0 Å². The standard InChI is InChI=1S/C19H17NO3/c1-14-19(23-13-15-7-3-2-4-8-15)18(22)11-12-20(14)16-9-5-6-10-17(16)21/h2-12,21H,13H2,1H3. The molecule has 0 bridgehead atoms. The SMILES string of the molecule is Cc1c(OCc2ccccc2)c(=O)ccn1-c1ccccc1O. The molecule has 1 N–H and O–H groups in total. The second-order valence-corrected chi connectivity index (χ2v) is 5.23. The number of aromatic nitrogens is 1. The van der Waals surface area contributed by atoms with Gasteiger partial charge in [-0.3, -0.25) is 4.79 Å². The Morgan fingerprint density at radius 3 is 2.43 bits per heavy atom. The quantitative estimate of drug-likeness (QED) is 0.803. The van der Waals surface area contributed by atoms with Crippen molar-refractivity contribution in [1.29, 1.82) is 0 Å². The van der Waals surface area contributed by atoms with Gasteiger partial charge in [0, 0.05) is 12.3 Å². The van der Waals surface area contributed by atoms with E-state index in [0.717, 1.165) is 5.56 Å². The lowest BCUT2D eigenvalue weighted by Crippen LogP contribution is -2.14. The Morgan fingerprint density at radius 1 is 1.00 bits per heavy atom. The largest absolute Gasteiger partial charge is 0.506 e. The van der Waals surface area contributed by atoms with Crippen molar-refractivity contribution in [2.75, 3.05) is 0 Å². The summed E-state index contributed by atoms with van der Waals surface area (Å²) in [6.45, 7) is 2.12. The van der Waals surface area contributed by atoms with E-state index in [1.165, 1.54) is 6.07 Å². The summed E-state index contributed by atoms with van der Waals surface area (Å²) in [7, 11) is 0. The van der Waals surface area contributed by atoms with Gasteiger partial charge in [-0.05, 0) is 24.6 Å². The number of hydrogen-bond acceptors (Lipinski definition) is 3. The number of benzene rings is 2. The molecule has 2 aromatic carbocycles. The third kappa shape index (κ3) is 3.11. The predicted molar refractivity (Wildman–Crippen MR) is 89.2 cm³/mol. The topological polar surface area (TPSA) is 51.5 Å². The molecule has 116 valence electrons. The van der Waals surface area contributed by atoms with Gasteiger partial charge in [-0.2, -0.15) is 0 Å². The lowest BCUT2D eigenvalue weighted by molar-refractivity contribution is 0.298. The van der Waals surface area contributed by atoms with Crippen molar-refractivity contribution in [3.05, 3.63) is 88.3 Å². The number of rotatable bonds is 4. The number of phenolic OH excluding ortho intramolecular Hbond substituents is 1. The highest BCUT2D eigenvalue weighted by molar-refractivity contribution is 5.48. The molecule has 0 fully saturated rings. The predicted octanol–water partition coefficient (Wildman–Crippen LogP) is 3.43. The Kier molecular flexibility index (Phi) is 4.15. The van der Waals surface area contributed by atoms with Gasteiger partial charge in [0.25, 0.3) is 0 Å². The van der Waals surface area contributed by atoms with Crippen LogP contribution in [0, 0.1) is 6.92 Å². The molecule has 23 heavy (non-hydrogen) atoms. The van der Waals surface area contributed by atoms with Gasteiger partial charge in [0.1, 0.15) is 12.4 Å². The molecule has 0 unspecified atom stereocenters. The average Bonchev–Trinajstić information content (AvgIpc) is 2.57. The molecular formula is C19H17NO3. The van der Waals surface area contributed by atoms with E-state index in [1.807, 2.05) is 36.4 Å². The number of nitrogens with zero attached hydrogens (tertiary/aromatic N) is 1. The lowest BCUT2D eigenvalue weighted by Gasteiger charge is -2.15. The molecule has 4 heteroatoms. The van der Waals surface area contributed by atoms with Crippen LogP contribution >= 0.6 is 0 Å². The van der Waals surface area contributed by atoms with Crippen LogP contribution in [-0.4, -0.2) is 9.67 Å². The van der Waals surface area contributed by atoms with E-state index < -0.39 is 0 Å². The van der Waals surface area contributed by atoms with Gasteiger partial charge in [-0.25, -0.2) is 0 Å². The number of phenols is 1. The third-order valence-electron chi connectivity index (χ3n) is 3.66. The normalized spacial score (nSPS) is 10.5. The van der Waals surface area contributed by atoms with Crippen molar-refractivity contribution in [3.8, 4) is 17.2 Å². The number of para-hydroxylation sites is 2. The number of aromatic hydroxyl groups is 1. The van der Waals surface area contributed by atoms with E-state index in [4.69, 9.17) is 4.74 Å². The molecule has 1 aromatic heterocycles. The van der Waals surface area contributed by atoms with Crippen molar-refractivity contribution in [2.45, 2.75) is 13.5 Å². The van der Waals surface area contributed by atoms with Crippen LogP contribution in [0.3, 0.4) is 0 Å². The second kappa shape index (κ2) is 6.40. The molecule has 0 amide bonds. The van der Waals surface area contributed by atoms with Crippen molar-refractivity contribution >= 4 is 0 Å². The number of ether oxygens (including phenoxy) is 1. The molecule has 0 aliphatic carbocycles. The summed E-state index contributed by atoms with van der Waals surface area (Å²) in [4.78, 5) is 12.1. The maximum absolute atomic E-state index is 12.1. The molecular weight excluding hydrogens is 290 g/mol. The monoisotopic (exact) mass is 307 g/mol. The van der Waals surface area contributed by atoms with Crippen LogP contribution in [0.15, 0.2) is 71.7 Å². The van der Waals surface area contributed by atoms with Crippen LogP contribution in [0.4, 0.5) is 0 Å². The van der Waals surface area contributed by atoms with Gasteiger partial charge in [0.05, 0.1) is 11.4 Å². The molecule has 3 aromatic rings. The highest BCUT2D eigenvalue weighted by Gasteiger charge is 2.12. The first-order valence-electron chi connectivity index (χ1n) is 7.34. The Morgan fingerprint density at radius 2 is 1.70 bits per heavy atom. The van der Waals surface area contributed by atoms with Crippen molar-refractivity contribution in [3.63, 3.8) is 0 Å². The van der Waals surface area contributed by atoms with Gasteiger partial charge < -0.3 is 14.4 Å². The summed E-state index contributed by atoms with van der Waals surface area (Å²) < 4.78 is 7.49. The van der Waals surface area contributed by atoms with E-state index in [9.17, 15) is 9.90 Å². The summed E-state index contributed by atoms with van der Waals surface area (Å²) in [5.74, 6) is 0.438. The molecule has 0 radical (unpaired) electrons. The van der Waals surface area contributed by atoms with Crippen LogP contribution in [0.5, 0.6) is 11.5 Å². The van der Waals surface area contributed by atoms with Crippen LogP contribution in [0.25, 0.3) is 5.69 Å². The Balaban J connectivity index is 1.96. The lowest BCUT2D eigenvalue weighted by atomic mass is 10.2. The minimum absolute atomic E-state index is 0.147. The van der Waals surface area contributed by atoms with Crippen LogP contribution in [0.1, 0.15) is 11.3 Å². The summed E-state index contributed by atoms with van der Waals surface area (Å²) in [6, 6.07) is 18.1. The van der Waals surface area contributed by atoms with Gasteiger partial charge in [-0.1, -0.05) is 42.5 Å². The zero-order valence-electron chi connectivity index (χ0n) is 12.8. The zero-order valence-corrected chi connectivity index (χ0v) is 12.8. The first kappa shape index (κ1) is 14.9. The fourth-order valence-electron chi connectivity index (χ4n) is 2.45. The first-order valence-corrected chi connectivity index (χ1v) is 7.34. The first-order chi connectivity index (χ1) is 11.2. The molecule has 0 atom stereocenters. The third-order valence-corrected chi connectivity index (χ3v) is 3.66. The van der Waals surface area contributed by atoms with Gasteiger partial charge >= 0.3 is 0 Å². The smallest absolute Gasteiger partial charge is 0.223 e. The highest BCUT2D eigenvalue weighted by atomic mass is 16.5. The summed E-state index contributed by atoms with van der Waals surface area (Å²) in [6.07, 6.45) is 1.64. The Labute approximate surface area is 134 Å². The summed E-state index contributed by atoms with van der Waals surface area (Å²) in [5.41, 5.74) is 2.07. The van der Waals surface area contributed by atoms with E-state index in [1.54, 1.807) is 35.9 Å². The molecule has 0 aliphatic heterocycles. The fourth-order valence-corrected chi connectivity index (χ4v) is 2.45. The van der Waals surface area contributed by atoms with Crippen molar-refractivity contribution in [2.24, 2.45) is 0 Å². The van der Waals surface area contributed by atoms with Gasteiger partial charge in [0.15, 0.2) is 5.75 Å². The molecule has 1 heterocycles. The molecule has 0 saturated heterocycles. The minimum Gasteiger partial charge on any atom is -0.506 e. The second-order valence-electron chi connectivity index (χ2n) is 5.23. The summed E-state index contributed by atoms with van der Waals surface area (Å²) in [5, 5.41) is 10.0. The van der Waals surface area contributed by atoms with Crippen LogP contribution < -0.4 is 10.2 Å². The minimum atomic E-state index is -0.176. The van der Waals surface area contributed by atoms with E-state index >= 15 is 0 Å². The Hall–Kier alpha value is -3.01. The highest BCUT2D eigenvalue weighted by Crippen LogP contribution is 2.24. The van der Waals surface area contributed by atoms with Crippen LogP contribution in [-0.2, 0) is 6.61 Å². The number of pyridine rings is 1. The maximum Gasteiger partial charge on any atom is 0.223 e. The Bertz CT molecular complexity index is 869. The van der Waals surface area contributed by atoms with E-state index in [2.05, 4.69) is 0 Å². The molecule has 0 spiro atoms. The average molecular weight is 307 g/mol. The van der Waals surface area contributed by atoms with E-state index in [-0.39, 0.29) is 11.2 Å². The van der Waals surface area contributed by atoms with Gasteiger partial charge in [0.2, 0.25) is 5.43 Å². The molecule has 3 rings (SSSR count). The van der Waals surface area contributed by atoms with Crippen LogP contribution in [0.2, 0.25) is 0 Å².